The Morgan fingerprint density at radius 1 is 1.10 bits per heavy atom. The monoisotopic (exact) mass is 463 g/mol. The van der Waals surface area contributed by atoms with Gasteiger partial charge in [-0.2, -0.15) is 10.2 Å². The van der Waals surface area contributed by atoms with Gasteiger partial charge < -0.3 is 5.32 Å². The van der Waals surface area contributed by atoms with Crippen LogP contribution in [0.4, 0.5) is 10.2 Å². The van der Waals surface area contributed by atoms with E-state index in [2.05, 4.69) is 20.6 Å². The Balaban J connectivity index is 1.47. The average Bonchev–Trinajstić information content (AvgIpc) is 3.35. The highest BCUT2D eigenvalue weighted by Gasteiger charge is 2.15. The predicted molar refractivity (Wildman–Crippen MR) is 115 cm³/mol. The van der Waals surface area contributed by atoms with Crippen molar-refractivity contribution >= 4 is 46.5 Å². The molecule has 0 bridgehead atoms. The second-order valence-electron chi connectivity index (χ2n) is 6.34. The molecule has 10 heteroatoms. The van der Waals surface area contributed by atoms with Gasteiger partial charge >= 0.3 is 0 Å². The Morgan fingerprint density at radius 2 is 1.93 bits per heavy atom. The molecule has 2 aromatic heterocycles. The number of amides is 1. The first-order valence-corrected chi connectivity index (χ1v) is 9.82. The Bertz CT molecular complexity index is 1220. The summed E-state index contributed by atoms with van der Waals surface area (Å²) in [6.45, 7) is 0.130. The van der Waals surface area contributed by atoms with E-state index in [-0.39, 0.29) is 12.2 Å². The third-order valence-corrected chi connectivity index (χ3v) is 5.20. The fraction of sp³-hybridized carbons (Fsp3) is 0.0500. The van der Waals surface area contributed by atoms with Gasteiger partial charge in [-0.15, -0.1) is 0 Å². The fourth-order valence-electron chi connectivity index (χ4n) is 2.82. The van der Waals surface area contributed by atoms with Crippen molar-refractivity contribution in [3.05, 3.63) is 86.9 Å². The Morgan fingerprint density at radius 3 is 2.70 bits per heavy atom. The molecular formula is C20H13Cl3FN5O. The summed E-state index contributed by atoms with van der Waals surface area (Å²) in [4.78, 5) is 12.5. The third kappa shape index (κ3) is 4.33. The number of carbonyl (C=O) groups is 1. The number of nitrogens with one attached hydrogen (secondary N) is 2. The minimum Gasteiger partial charge on any atom is -0.304 e. The van der Waals surface area contributed by atoms with Crippen LogP contribution in [0.1, 0.15) is 16.1 Å². The number of halogens is 4. The predicted octanol–water partition coefficient (Wildman–Crippen LogP) is 5.67. The van der Waals surface area contributed by atoms with Crippen molar-refractivity contribution in [2.75, 3.05) is 5.32 Å². The lowest BCUT2D eigenvalue weighted by molar-refractivity contribution is 0.102. The molecule has 0 aliphatic rings. The maximum Gasteiger partial charge on any atom is 0.274 e. The van der Waals surface area contributed by atoms with Crippen LogP contribution in [0.5, 0.6) is 0 Å². The highest BCUT2D eigenvalue weighted by Crippen LogP contribution is 2.29. The molecule has 0 aliphatic heterocycles. The van der Waals surface area contributed by atoms with Crippen LogP contribution >= 0.6 is 34.8 Å². The van der Waals surface area contributed by atoms with E-state index >= 15 is 0 Å². The minimum atomic E-state index is -0.437. The maximum absolute atomic E-state index is 13.9. The normalized spacial score (nSPS) is 10.9. The van der Waals surface area contributed by atoms with Crippen molar-refractivity contribution in [3.63, 3.8) is 0 Å². The van der Waals surface area contributed by atoms with Crippen LogP contribution < -0.4 is 5.32 Å². The topological polar surface area (TPSA) is 75.6 Å². The van der Waals surface area contributed by atoms with Crippen molar-refractivity contribution in [1.29, 1.82) is 0 Å². The standard InChI is InChI=1S/C20H13Cl3FN5O/c21-11-4-5-12(15(23)8-11)17-9-18(27-26-17)20(30)25-19-6-7-29(28-19)10-13-14(22)2-1-3-16(13)24/h1-9H,10H2,(H,26,27)(H,25,28,30). The van der Waals surface area contributed by atoms with Crippen molar-refractivity contribution in [2.24, 2.45) is 0 Å². The van der Waals surface area contributed by atoms with Crippen molar-refractivity contribution in [1.82, 2.24) is 20.0 Å². The van der Waals surface area contributed by atoms with Crippen molar-refractivity contribution in [3.8, 4) is 11.3 Å². The van der Waals surface area contributed by atoms with Gasteiger partial charge in [0, 0.05) is 33.4 Å². The molecule has 30 heavy (non-hydrogen) atoms. The lowest BCUT2D eigenvalue weighted by atomic mass is 10.1. The summed E-state index contributed by atoms with van der Waals surface area (Å²) in [6.07, 6.45) is 1.62. The van der Waals surface area contributed by atoms with Crippen LogP contribution in [0, 0.1) is 5.82 Å². The van der Waals surface area contributed by atoms with Crippen molar-refractivity contribution < 1.29 is 9.18 Å². The van der Waals surface area contributed by atoms with Crippen LogP contribution in [0.3, 0.4) is 0 Å². The van der Waals surface area contributed by atoms with Gasteiger partial charge in [0.25, 0.3) is 5.91 Å². The summed E-state index contributed by atoms with van der Waals surface area (Å²) in [7, 11) is 0. The number of aromatic nitrogens is 4. The summed E-state index contributed by atoms with van der Waals surface area (Å²) in [5.74, 6) is -0.560. The van der Waals surface area contributed by atoms with Gasteiger partial charge in [-0.1, -0.05) is 40.9 Å². The molecule has 6 nitrogen and oxygen atoms in total. The molecule has 0 saturated heterocycles. The lowest BCUT2D eigenvalue weighted by Crippen LogP contribution is -2.13. The third-order valence-electron chi connectivity index (χ3n) is 4.29. The molecular weight excluding hydrogens is 452 g/mol. The van der Waals surface area contributed by atoms with Gasteiger partial charge in [0.1, 0.15) is 11.5 Å². The number of anilines is 1. The van der Waals surface area contributed by atoms with E-state index in [0.29, 0.717) is 37.7 Å². The van der Waals surface area contributed by atoms with E-state index in [9.17, 15) is 9.18 Å². The van der Waals surface area contributed by atoms with Crippen LogP contribution in [-0.2, 0) is 6.54 Å². The molecule has 1 amide bonds. The van der Waals surface area contributed by atoms with E-state index in [1.165, 1.54) is 16.8 Å². The van der Waals surface area contributed by atoms with Gasteiger partial charge in [-0.05, 0) is 36.4 Å². The van der Waals surface area contributed by atoms with Crippen LogP contribution in [0.2, 0.25) is 15.1 Å². The Hall–Kier alpha value is -2.87. The highest BCUT2D eigenvalue weighted by atomic mass is 35.5. The SMILES string of the molecule is O=C(Nc1ccn(Cc2c(F)cccc2Cl)n1)c1cc(-c2ccc(Cl)cc2Cl)n[nH]1. The van der Waals surface area contributed by atoms with Gasteiger partial charge in [-0.25, -0.2) is 4.39 Å². The summed E-state index contributed by atoms with van der Waals surface area (Å²) < 4.78 is 15.4. The molecule has 0 atom stereocenters. The second kappa shape index (κ2) is 8.47. The molecule has 0 unspecified atom stereocenters. The molecule has 152 valence electrons. The molecule has 4 rings (SSSR count). The molecule has 0 saturated carbocycles. The van der Waals surface area contributed by atoms with Gasteiger partial charge in [0.2, 0.25) is 0 Å². The molecule has 2 N–H and O–H groups in total. The number of carbonyl (C=O) groups excluding carboxylic acids is 1. The van der Waals surface area contributed by atoms with E-state index in [4.69, 9.17) is 34.8 Å². The van der Waals surface area contributed by atoms with E-state index in [0.717, 1.165) is 0 Å². The van der Waals surface area contributed by atoms with Crippen LogP contribution in [0.25, 0.3) is 11.3 Å². The Labute approximate surface area is 185 Å². The number of H-pyrrole nitrogens is 1. The number of rotatable bonds is 5. The summed E-state index contributed by atoms with van der Waals surface area (Å²) >= 11 is 18.1. The average molecular weight is 465 g/mol. The lowest BCUT2D eigenvalue weighted by Gasteiger charge is -2.06. The molecule has 0 aliphatic carbocycles. The van der Waals surface area contributed by atoms with Crippen LogP contribution in [0.15, 0.2) is 54.7 Å². The summed E-state index contributed by atoms with van der Waals surface area (Å²) in [5, 5.41) is 14.9. The molecule has 0 fully saturated rings. The second-order valence-corrected chi connectivity index (χ2v) is 7.59. The number of hydrogen-bond donors (Lipinski definition) is 2. The maximum atomic E-state index is 13.9. The smallest absolute Gasteiger partial charge is 0.274 e. The van der Waals surface area contributed by atoms with Crippen molar-refractivity contribution in [2.45, 2.75) is 6.54 Å². The van der Waals surface area contributed by atoms with Crippen LogP contribution in [-0.4, -0.2) is 25.9 Å². The molecule has 2 aromatic carbocycles. The number of aromatic amines is 1. The minimum absolute atomic E-state index is 0.130. The molecule has 0 radical (unpaired) electrons. The summed E-state index contributed by atoms with van der Waals surface area (Å²) in [6, 6.07) is 12.6. The summed E-state index contributed by atoms with van der Waals surface area (Å²) in [5.41, 5.74) is 1.69. The van der Waals surface area contributed by atoms with Gasteiger partial charge in [0.05, 0.1) is 17.3 Å². The fourth-order valence-corrected chi connectivity index (χ4v) is 3.55. The first-order valence-electron chi connectivity index (χ1n) is 8.69. The molecule has 4 aromatic rings. The largest absolute Gasteiger partial charge is 0.304 e. The van der Waals surface area contributed by atoms with E-state index < -0.39 is 11.7 Å². The molecule has 0 spiro atoms. The first-order chi connectivity index (χ1) is 14.4. The van der Waals surface area contributed by atoms with E-state index in [1.54, 1.807) is 42.6 Å². The van der Waals surface area contributed by atoms with Gasteiger partial charge in [0.15, 0.2) is 5.82 Å². The quantitative estimate of drug-likeness (QED) is 0.399. The van der Waals surface area contributed by atoms with E-state index in [1.807, 2.05) is 0 Å². The zero-order valence-corrected chi connectivity index (χ0v) is 17.4. The zero-order valence-electron chi connectivity index (χ0n) is 15.2. The number of benzene rings is 2. The first kappa shape index (κ1) is 20.4. The highest BCUT2D eigenvalue weighted by molar-refractivity contribution is 6.36. The molecule has 2 heterocycles. The Kier molecular flexibility index (Phi) is 5.76. The van der Waals surface area contributed by atoms with Gasteiger partial charge in [-0.3, -0.25) is 14.6 Å². The number of hydrogen-bond acceptors (Lipinski definition) is 3. The zero-order chi connectivity index (χ0) is 21.3. The number of nitrogens with zero attached hydrogens (tertiary/aromatic N) is 3.